The van der Waals surface area contributed by atoms with Crippen molar-refractivity contribution in [2.75, 3.05) is 6.61 Å². The molecule has 3 nitrogen and oxygen atoms in total. The van der Waals surface area contributed by atoms with Crippen LogP contribution in [0.25, 0.3) is 0 Å². The van der Waals surface area contributed by atoms with Crippen molar-refractivity contribution in [3.8, 4) is 0 Å². The Bertz CT molecular complexity index is 1040. The molecule has 0 aromatic heterocycles. The molecule has 4 fully saturated rings. The highest BCUT2D eigenvalue weighted by Crippen LogP contribution is 2.64. The lowest BCUT2D eigenvalue weighted by molar-refractivity contribution is -0.193. The Morgan fingerprint density at radius 1 is 0.889 bits per heavy atom. The highest BCUT2D eigenvalue weighted by molar-refractivity contribution is 6.99. The molecule has 0 heterocycles. The Morgan fingerprint density at radius 3 is 1.83 bits per heavy atom. The first-order valence-electron chi connectivity index (χ1n) is 13.2. The molecule has 0 saturated heterocycles. The molecule has 2 atom stereocenters. The van der Waals surface area contributed by atoms with Gasteiger partial charge in [-0.15, -0.1) is 0 Å². The highest BCUT2D eigenvalue weighted by atomic mass is 28.4. The van der Waals surface area contributed by atoms with Crippen LogP contribution in [0.3, 0.4) is 0 Å². The SMILES string of the molecule is CC(F)(F)C(=O)OCC12CC3CC(C1)CC(O[Si](c1ccccc1)(c1ccccc1)C(C)(C)C)(C3)C2. The summed E-state index contributed by atoms with van der Waals surface area (Å²) < 4.78 is 40.2. The molecule has 4 aliphatic carbocycles. The third-order valence-corrected chi connectivity index (χ3v) is 13.9. The summed E-state index contributed by atoms with van der Waals surface area (Å²) in [5.41, 5.74) is -0.618. The van der Waals surface area contributed by atoms with Gasteiger partial charge in [-0.2, -0.15) is 8.78 Å². The van der Waals surface area contributed by atoms with Gasteiger partial charge >= 0.3 is 11.9 Å². The van der Waals surface area contributed by atoms with E-state index in [1.807, 2.05) is 12.1 Å². The van der Waals surface area contributed by atoms with Crippen LogP contribution in [0.1, 0.15) is 66.2 Å². The minimum absolute atomic E-state index is 0.0636. The summed E-state index contributed by atoms with van der Waals surface area (Å²) in [7, 11) is -2.77. The third-order valence-electron chi connectivity index (χ3n) is 8.78. The molecule has 2 aromatic rings. The molecule has 36 heavy (non-hydrogen) atoms. The summed E-state index contributed by atoms with van der Waals surface area (Å²) in [5.74, 6) is -3.93. The van der Waals surface area contributed by atoms with E-state index in [1.54, 1.807) is 0 Å². The summed E-state index contributed by atoms with van der Waals surface area (Å²) in [6.07, 6.45) is 5.77. The number of halogens is 2. The number of carbonyl (C=O) groups excluding carboxylic acids is 1. The van der Waals surface area contributed by atoms with Gasteiger partial charge in [0.2, 0.25) is 0 Å². The van der Waals surface area contributed by atoms with Gasteiger partial charge in [-0.3, -0.25) is 0 Å². The van der Waals surface area contributed by atoms with Crippen molar-refractivity contribution >= 4 is 24.7 Å². The van der Waals surface area contributed by atoms with Crippen molar-refractivity contribution in [2.24, 2.45) is 17.3 Å². The Morgan fingerprint density at radius 2 is 1.39 bits per heavy atom. The molecule has 4 aliphatic rings. The molecule has 4 saturated carbocycles. The first kappa shape index (κ1) is 25.6. The molecular weight excluding hydrogens is 474 g/mol. The zero-order valence-electron chi connectivity index (χ0n) is 21.9. The van der Waals surface area contributed by atoms with E-state index in [1.165, 1.54) is 10.4 Å². The van der Waals surface area contributed by atoms with E-state index >= 15 is 0 Å². The number of hydrogen-bond donors (Lipinski definition) is 0. The smallest absolute Gasteiger partial charge is 0.376 e. The first-order chi connectivity index (χ1) is 16.9. The van der Waals surface area contributed by atoms with Crippen LogP contribution in [0.5, 0.6) is 0 Å². The Balaban J connectivity index is 1.55. The first-order valence-corrected chi connectivity index (χ1v) is 15.1. The van der Waals surface area contributed by atoms with Crippen molar-refractivity contribution in [1.82, 2.24) is 0 Å². The van der Waals surface area contributed by atoms with E-state index in [0.29, 0.717) is 18.8 Å². The second-order valence-corrected chi connectivity index (χ2v) is 17.1. The molecular formula is C30H38F2O3Si. The van der Waals surface area contributed by atoms with Gasteiger partial charge in [0.25, 0.3) is 8.32 Å². The van der Waals surface area contributed by atoms with E-state index in [4.69, 9.17) is 9.16 Å². The fourth-order valence-corrected chi connectivity index (χ4v) is 12.8. The number of alkyl halides is 2. The summed E-state index contributed by atoms with van der Waals surface area (Å²) in [4.78, 5) is 12.0. The van der Waals surface area contributed by atoms with Crippen molar-refractivity contribution in [1.29, 1.82) is 0 Å². The average molecular weight is 513 g/mol. The molecule has 194 valence electrons. The topological polar surface area (TPSA) is 35.5 Å². The van der Waals surface area contributed by atoms with Crippen LogP contribution in [-0.4, -0.2) is 32.4 Å². The molecule has 4 bridgehead atoms. The molecule has 0 N–H and O–H groups in total. The van der Waals surface area contributed by atoms with Crippen LogP contribution in [-0.2, 0) is 14.0 Å². The minimum Gasteiger partial charge on any atom is -0.461 e. The molecule has 0 spiro atoms. The zero-order valence-corrected chi connectivity index (χ0v) is 22.9. The van der Waals surface area contributed by atoms with E-state index < -0.39 is 20.2 Å². The third kappa shape index (κ3) is 4.45. The molecule has 0 radical (unpaired) electrons. The van der Waals surface area contributed by atoms with Gasteiger partial charge in [0.1, 0.15) is 0 Å². The summed E-state index contributed by atoms with van der Waals surface area (Å²) in [6.45, 7) is 7.55. The zero-order chi connectivity index (χ0) is 25.8. The number of benzene rings is 2. The second kappa shape index (κ2) is 8.76. The fraction of sp³-hybridized carbons (Fsp3) is 0.567. The van der Waals surface area contributed by atoms with Gasteiger partial charge in [-0.1, -0.05) is 81.4 Å². The minimum atomic E-state index is -3.47. The van der Waals surface area contributed by atoms with E-state index in [2.05, 4.69) is 69.3 Å². The average Bonchev–Trinajstić information content (AvgIpc) is 2.80. The maximum absolute atomic E-state index is 13.6. The number of carbonyl (C=O) groups is 1. The van der Waals surface area contributed by atoms with Crippen molar-refractivity contribution in [3.63, 3.8) is 0 Å². The van der Waals surface area contributed by atoms with Crippen molar-refractivity contribution in [3.05, 3.63) is 60.7 Å². The van der Waals surface area contributed by atoms with Gasteiger partial charge in [-0.05, 0) is 65.8 Å². The van der Waals surface area contributed by atoms with Gasteiger partial charge in [0, 0.05) is 12.3 Å². The van der Waals surface area contributed by atoms with Crippen LogP contribution in [0.15, 0.2) is 60.7 Å². The maximum Gasteiger partial charge on any atom is 0.376 e. The van der Waals surface area contributed by atoms with Crippen LogP contribution >= 0.6 is 0 Å². The standard InChI is InChI=1S/C30H38F2O3Si/c1-27(2,3)36(24-11-7-5-8-12-24,25-13-9-6-10-14-25)35-30-18-22-15-23(19-30)17-29(16-22,20-30)21-34-26(33)28(4,31)32/h5-14,22-23H,15-21H2,1-4H3. The van der Waals surface area contributed by atoms with Crippen LogP contribution in [0, 0.1) is 17.3 Å². The van der Waals surface area contributed by atoms with Crippen molar-refractivity contribution < 1.29 is 22.7 Å². The maximum atomic E-state index is 13.6. The number of ether oxygens (including phenoxy) is 1. The van der Waals surface area contributed by atoms with E-state index in [-0.39, 0.29) is 22.7 Å². The lowest BCUT2D eigenvalue weighted by Crippen LogP contribution is -2.72. The number of rotatable bonds is 7. The van der Waals surface area contributed by atoms with Crippen molar-refractivity contribution in [2.45, 2.75) is 82.8 Å². The number of esters is 1. The van der Waals surface area contributed by atoms with Gasteiger partial charge in [0.05, 0.1) is 12.2 Å². The number of hydrogen-bond acceptors (Lipinski definition) is 3. The fourth-order valence-electron chi connectivity index (χ4n) is 7.97. The van der Waals surface area contributed by atoms with Crippen LogP contribution in [0.4, 0.5) is 8.78 Å². The Hall–Kier alpha value is -2.05. The lowest BCUT2D eigenvalue weighted by atomic mass is 9.48. The van der Waals surface area contributed by atoms with E-state index in [9.17, 15) is 13.6 Å². The molecule has 0 amide bonds. The second-order valence-electron chi connectivity index (χ2n) is 12.9. The van der Waals surface area contributed by atoms with Crippen LogP contribution < -0.4 is 10.4 Å². The normalized spacial score (nSPS) is 29.8. The highest BCUT2D eigenvalue weighted by Gasteiger charge is 2.63. The summed E-state index contributed by atoms with van der Waals surface area (Å²) in [5, 5.41) is 2.37. The predicted octanol–water partition coefficient (Wildman–Crippen LogP) is 6.10. The molecule has 0 aliphatic heterocycles. The monoisotopic (exact) mass is 512 g/mol. The largest absolute Gasteiger partial charge is 0.461 e. The Kier molecular flexibility index (Phi) is 6.23. The molecule has 6 rings (SSSR count). The molecule has 2 unspecified atom stereocenters. The Labute approximate surface area is 214 Å². The van der Waals surface area contributed by atoms with Crippen LogP contribution in [0.2, 0.25) is 5.04 Å². The lowest BCUT2D eigenvalue weighted by Gasteiger charge is -2.64. The predicted molar refractivity (Wildman–Crippen MR) is 140 cm³/mol. The molecule has 6 heteroatoms. The summed E-state index contributed by atoms with van der Waals surface area (Å²) >= 11 is 0. The molecule has 2 aromatic carbocycles. The quantitative estimate of drug-likeness (QED) is 0.332. The van der Waals surface area contributed by atoms with Gasteiger partial charge < -0.3 is 9.16 Å². The van der Waals surface area contributed by atoms with Gasteiger partial charge in [0.15, 0.2) is 0 Å². The van der Waals surface area contributed by atoms with Gasteiger partial charge in [-0.25, -0.2) is 4.79 Å². The summed E-state index contributed by atoms with van der Waals surface area (Å²) in [6, 6.07) is 21.3. The van der Waals surface area contributed by atoms with E-state index in [0.717, 1.165) is 38.5 Å².